The number of nitrogens with one attached hydrogen (secondary N) is 2. The molecule has 1 heterocycles. The van der Waals surface area contributed by atoms with Crippen LogP contribution in [0.4, 0.5) is 0 Å². The fourth-order valence-corrected chi connectivity index (χ4v) is 2.59. The van der Waals surface area contributed by atoms with Gasteiger partial charge in [0.25, 0.3) is 0 Å². The van der Waals surface area contributed by atoms with Crippen LogP contribution in [0.25, 0.3) is 11.3 Å². The third-order valence-electron chi connectivity index (χ3n) is 3.03. The van der Waals surface area contributed by atoms with Gasteiger partial charge in [0.05, 0.1) is 16.8 Å². The third-order valence-corrected chi connectivity index (χ3v) is 4.16. The molecule has 0 saturated heterocycles. The molecule has 0 radical (unpaired) electrons. The molecule has 0 bridgehead atoms. The second kappa shape index (κ2) is 6.19. The Bertz CT molecular complexity index is 660. The molecule has 0 unspecified atom stereocenters. The molecule has 1 aromatic heterocycles. The molecule has 1 aromatic carbocycles. The Morgan fingerprint density at radius 1 is 1.25 bits per heavy atom. The van der Waals surface area contributed by atoms with Crippen molar-refractivity contribution in [2.24, 2.45) is 0 Å². The molecule has 0 aliphatic carbocycles. The summed E-state index contributed by atoms with van der Waals surface area (Å²) in [6.07, 6.45) is 4.08. The van der Waals surface area contributed by atoms with Crippen LogP contribution in [0.5, 0.6) is 0 Å². The highest BCUT2D eigenvalue weighted by molar-refractivity contribution is 7.90. The van der Waals surface area contributed by atoms with E-state index in [0.29, 0.717) is 4.90 Å². The molecule has 2 aromatic rings. The van der Waals surface area contributed by atoms with E-state index in [-0.39, 0.29) is 0 Å². The molecule has 6 heteroatoms. The van der Waals surface area contributed by atoms with Gasteiger partial charge in [-0.2, -0.15) is 5.10 Å². The number of sulfone groups is 1. The summed E-state index contributed by atoms with van der Waals surface area (Å²) >= 11 is 0. The normalized spacial score (nSPS) is 11.7. The van der Waals surface area contributed by atoms with Gasteiger partial charge in [0.1, 0.15) is 0 Å². The average Bonchev–Trinajstić information content (AvgIpc) is 2.87. The summed E-state index contributed by atoms with van der Waals surface area (Å²) < 4.78 is 22.9. The van der Waals surface area contributed by atoms with Crippen LogP contribution in [-0.4, -0.2) is 31.4 Å². The maximum Gasteiger partial charge on any atom is 0.175 e. The van der Waals surface area contributed by atoms with Crippen LogP contribution in [0.2, 0.25) is 0 Å². The number of aromatic nitrogens is 2. The largest absolute Gasteiger partial charge is 0.313 e. The molecule has 0 atom stereocenters. The highest BCUT2D eigenvalue weighted by Gasteiger charge is 2.10. The lowest BCUT2D eigenvalue weighted by Crippen LogP contribution is -2.13. The predicted octanol–water partition coefficient (Wildman–Crippen LogP) is 1.98. The number of aromatic amines is 1. The van der Waals surface area contributed by atoms with E-state index in [4.69, 9.17) is 0 Å². The second-order valence-electron chi connectivity index (χ2n) is 4.74. The van der Waals surface area contributed by atoms with Crippen LogP contribution >= 0.6 is 0 Å². The highest BCUT2D eigenvalue weighted by atomic mass is 32.2. The summed E-state index contributed by atoms with van der Waals surface area (Å²) in [6, 6.07) is 6.84. The summed E-state index contributed by atoms with van der Waals surface area (Å²) in [7, 11) is -3.15. The van der Waals surface area contributed by atoms with Crippen molar-refractivity contribution in [3.05, 3.63) is 36.0 Å². The van der Waals surface area contributed by atoms with Gasteiger partial charge in [-0.15, -0.1) is 0 Å². The van der Waals surface area contributed by atoms with Gasteiger partial charge < -0.3 is 5.32 Å². The lowest BCUT2D eigenvalue weighted by atomic mass is 10.1. The van der Waals surface area contributed by atoms with Crippen LogP contribution in [0, 0.1) is 0 Å². The first-order valence-corrected chi connectivity index (χ1v) is 8.45. The zero-order valence-corrected chi connectivity index (χ0v) is 12.5. The maximum atomic E-state index is 11.4. The number of hydrogen-bond acceptors (Lipinski definition) is 4. The highest BCUT2D eigenvalue weighted by Crippen LogP contribution is 2.22. The SMILES string of the molecule is CCCNCc1cn[nH]c1-c1ccc(S(C)(=O)=O)cc1. The molecule has 0 saturated carbocycles. The fraction of sp³-hybridized carbons (Fsp3) is 0.357. The standard InChI is InChI=1S/C14H19N3O2S/c1-3-8-15-9-12-10-16-17-14(12)11-4-6-13(7-5-11)20(2,18)19/h4-7,10,15H,3,8-9H2,1-2H3,(H,16,17). The molecule has 20 heavy (non-hydrogen) atoms. The minimum absolute atomic E-state index is 0.325. The van der Waals surface area contributed by atoms with Crippen molar-refractivity contribution < 1.29 is 8.42 Å². The van der Waals surface area contributed by atoms with Crippen LogP contribution in [0.15, 0.2) is 35.4 Å². The van der Waals surface area contributed by atoms with Gasteiger partial charge in [-0.05, 0) is 30.7 Å². The molecule has 2 N–H and O–H groups in total. The van der Waals surface area contributed by atoms with Gasteiger partial charge in [-0.3, -0.25) is 5.10 Å². The number of rotatable bonds is 6. The van der Waals surface area contributed by atoms with E-state index >= 15 is 0 Å². The van der Waals surface area contributed by atoms with Gasteiger partial charge in [0.15, 0.2) is 9.84 Å². The first-order chi connectivity index (χ1) is 9.52. The van der Waals surface area contributed by atoms with Crippen molar-refractivity contribution in [3.8, 4) is 11.3 Å². The Labute approximate surface area is 119 Å². The lowest BCUT2D eigenvalue weighted by molar-refractivity contribution is 0.602. The average molecular weight is 293 g/mol. The van der Waals surface area contributed by atoms with Gasteiger partial charge in [-0.25, -0.2) is 8.42 Å². The van der Waals surface area contributed by atoms with Gasteiger partial charge in [0.2, 0.25) is 0 Å². The minimum Gasteiger partial charge on any atom is -0.313 e. The van der Waals surface area contributed by atoms with Crippen LogP contribution in [0.3, 0.4) is 0 Å². The molecule has 0 aliphatic rings. The van der Waals surface area contributed by atoms with Crippen LogP contribution in [-0.2, 0) is 16.4 Å². The van der Waals surface area contributed by atoms with E-state index in [0.717, 1.165) is 36.3 Å². The predicted molar refractivity (Wildman–Crippen MR) is 79.1 cm³/mol. The lowest BCUT2D eigenvalue weighted by Gasteiger charge is -2.05. The minimum atomic E-state index is -3.15. The zero-order chi connectivity index (χ0) is 14.6. The number of nitrogens with zero attached hydrogens (tertiary/aromatic N) is 1. The van der Waals surface area contributed by atoms with E-state index in [1.54, 1.807) is 30.5 Å². The summed E-state index contributed by atoms with van der Waals surface area (Å²) in [5, 5.41) is 10.4. The van der Waals surface area contributed by atoms with Crippen molar-refractivity contribution in [3.63, 3.8) is 0 Å². The molecule has 0 fully saturated rings. The Morgan fingerprint density at radius 2 is 1.95 bits per heavy atom. The van der Waals surface area contributed by atoms with Crippen molar-refractivity contribution in [1.29, 1.82) is 0 Å². The summed E-state index contributed by atoms with van der Waals surface area (Å²) in [5.74, 6) is 0. The van der Waals surface area contributed by atoms with Gasteiger partial charge in [0, 0.05) is 18.4 Å². The van der Waals surface area contributed by atoms with Crippen molar-refractivity contribution in [2.45, 2.75) is 24.8 Å². The molecular formula is C14H19N3O2S. The second-order valence-corrected chi connectivity index (χ2v) is 6.76. The number of hydrogen-bond donors (Lipinski definition) is 2. The van der Waals surface area contributed by atoms with Gasteiger partial charge >= 0.3 is 0 Å². The third kappa shape index (κ3) is 3.46. The first kappa shape index (κ1) is 14.7. The van der Waals surface area contributed by atoms with Crippen molar-refractivity contribution in [2.75, 3.05) is 12.8 Å². The molecule has 108 valence electrons. The summed E-state index contributed by atoms with van der Waals surface area (Å²) in [5.41, 5.74) is 2.93. The topological polar surface area (TPSA) is 74.8 Å². The Balaban J connectivity index is 2.22. The molecular weight excluding hydrogens is 274 g/mol. The molecule has 5 nitrogen and oxygen atoms in total. The number of H-pyrrole nitrogens is 1. The van der Waals surface area contributed by atoms with Crippen molar-refractivity contribution in [1.82, 2.24) is 15.5 Å². The Hall–Kier alpha value is -1.66. The van der Waals surface area contributed by atoms with E-state index in [9.17, 15) is 8.42 Å². The molecule has 0 amide bonds. The van der Waals surface area contributed by atoms with Gasteiger partial charge in [-0.1, -0.05) is 19.1 Å². The van der Waals surface area contributed by atoms with E-state index in [1.807, 2.05) is 0 Å². The maximum absolute atomic E-state index is 11.4. The molecule has 0 spiro atoms. The van der Waals surface area contributed by atoms with E-state index < -0.39 is 9.84 Å². The Morgan fingerprint density at radius 3 is 2.55 bits per heavy atom. The smallest absolute Gasteiger partial charge is 0.175 e. The van der Waals surface area contributed by atoms with Crippen molar-refractivity contribution >= 4 is 9.84 Å². The quantitative estimate of drug-likeness (QED) is 0.799. The van der Waals surface area contributed by atoms with Crippen LogP contribution in [0.1, 0.15) is 18.9 Å². The first-order valence-electron chi connectivity index (χ1n) is 6.56. The van der Waals surface area contributed by atoms with E-state index in [2.05, 4.69) is 22.4 Å². The monoisotopic (exact) mass is 293 g/mol. The van der Waals surface area contributed by atoms with Crippen LogP contribution < -0.4 is 5.32 Å². The number of benzene rings is 1. The fourth-order valence-electron chi connectivity index (χ4n) is 1.96. The molecule has 0 aliphatic heterocycles. The Kier molecular flexibility index (Phi) is 4.57. The van der Waals surface area contributed by atoms with E-state index in [1.165, 1.54) is 6.26 Å². The zero-order valence-electron chi connectivity index (χ0n) is 11.7. The summed E-state index contributed by atoms with van der Waals surface area (Å²) in [4.78, 5) is 0.325. The molecule has 2 rings (SSSR count). The summed E-state index contributed by atoms with van der Waals surface area (Å²) in [6.45, 7) is 3.82.